The highest BCUT2D eigenvalue weighted by Gasteiger charge is 2.45. The summed E-state index contributed by atoms with van der Waals surface area (Å²) in [7, 11) is 0. The Bertz CT molecular complexity index is 1150. The number of nitrogens with zero attached hydrogens (tertiary/aromatic N) is 1. The van der Waals surface area contributed by atoms with Crippen LogP contribution in [0.15, 0.2) is 54.6 Å². The minimum absolute atomic E-state index is 0.292. The number of barbiturate groups is 1. The molecule has 0 radical (unpaired) electrons. The van der Waals surface area contributed by atoms with Gasteiger partial charge in [0.25, 0.3) is 0 Å². The lowest BCUT2D eigenvalue weighted by Crippen LogP contribution is -2.61. The third-order valence-corrected chi connectivity index (χ3v) is 5.62. The number of hydrogen-bond donors (Lipinski definition) is 2. The molecule has 3 aromatic rings. The van der Waals surface area contributed by atoms with E-state index in [2.05, 4.69) is 15.6 Å². The second-order valence-electron chi connectivity index (χ2n) is 7.94. The molecule has 0 saturated carbocycles. The van der Waals surface area contributed by atoms with Crippen molar-refractivity contribution < 1.29 is 19.1 Å². The summed E-state index contributed by atoms with van der Waals surface area (Å²) >= 11 is 0. The van der Waals surface area contributed by atoms with E-state index in [-0.39, 0.29) is 0 Å². The summed E-state index contributed by atoms with van der Waals surface area (Å²) in [5.74, 6) is -0.408. The van der Waals surface area contributed by atoms with E-state index in [1.54, 1.807) is 6.92 Å². The number of hydrogen-bond acceptors (Lipinski definition) is 5. The minimum atomic E-state index is -1.27. The van der Waals surface area contributed by atoms with Crippen LogP contribution < -0.4 is 15.4 Å². The topological polar surface area (TPSA) is 97.4 Å². The Morgan fingerprint density at radius 3 is 2.35 bits per heavy atom. The smallest absolute Gasteiger partial charge is 0.328 e. The molecule has 31 heavy (non-hydrogen) atoms. The fourth-order valence-electron chi connectivity index (χ4n) is 3.67. The fourth-order valence-corrected chi connectivity index (χ4v) is 3.67. The fraction of sp³-hybridized carbons (Fsp3) is 0.250. The van der Waals surface area contributed by atoms with E-state index in [1.807, 2.05) is 61.5 Å². The zero-order valence-electron chi connectivity index (χ0n) is 17.4. The second-order valence-corrected chi connectivity index (χ2v) is 7.94. The number of para-hydroxylation sites is 1. The first-order valence-electron chi connectivity index (χ1n) is 10.1. The van der Waals surface area contributed by atoms with Crippen LogP contribution in [0.5, 0.6) is 5.75 Å². The normalized spacial score (nSPS) is 15.5. The van der Waals surface area contributed by atoms with Gasteiger partial charge in [-0.3, -0.25) is 25.2 Å². The van der Waals surface area contributed by atoms with Crippen molar-refractivity contribution in [1.29, 1.82) is 0 Å². The van der Waals surface area contributed by atoms with E-state index in [0.717, 1.165) is 33.5 Å². The first kappa shape index (κ1) is 20.5. The van der Waals surface area contributed by atoms with Gasteiger partial charge in [0, 0.05) is 16.6 Å². The first-order valence-corrected chi connectivity index (χ1v) is 10.1. The SMILES string of the molecule is Cc1cc(COc2ccc(CCC3(C)C(=O)NC(=O)NC3=O)cc2)c2ccccc2n1. The maximum atomic E-state index is 12.1. The summed E-state index contributed by atoms with van der Waals surface area (Å²) in [6, 6.07) is 16.8. The van der Waals surface area contributed by atoms with E-state index in [4.69, 9.17) is 4.74 Å². The number of fused-ring (bicyclic) bond motifs is 1. The summed E-state index contributed by atoms with van der Waals surface area (Å²) in [6.45, 7) is 3.94. The van der Waals surface area contributed by atoms with Crippen LogP contribution in [0.2, 0.25) is 0 Å². The molecule has 7 nitrogen and oxygen atoms in total. The number of pyridine rings is 1. The van der Waals surface area contributed by atoms with Gasteiger partial charge in [0.1, 0.15) is 17.8 Å². The Morgan fingerprint density at radius 2 is 1.65 bits per heavy atom. The highest BCUT2D eigenvalue weighted by molar-refractivity contribution is 6.18. The van der Waals surface area contributed by atoms with Gasteiger partial charge in [-0.2, -0.15) is 0 Å². The lowest BCUT2D eigenvalue weighted by Gasteiger charge is -2.30. The number of aromatic nitrogens is 1. The molecule has 158 valence electrons. The third kappa shape index (κ3) is 4.26. The highest BCUT2D eigenvalue weighted by atomic mass is 16.5. The van der Waals surface area contributed by atoms with Gasteiger partial charge < -0.3 is 4.74 Å². The molecule has 0 aliphatic carbocycles. The number of benzene rings is 2. The molecule has 4 rings (SSSR count). The van der Waals surface area contributed by atoms with E-state index in [9.17, 15) is 14.4 Å². The minimum Gasteiger partial charge on any atom is -0.489 e. The molecule has 0 bridgehead atoms. The molecule has 1 aromatic heterocycles. The Morgan fingerprint density at radius 1 is 0.968 bits per heavy atom. The standard InChI is InChI=1S/C24H23N3O4/c1-15-13-17(19-5-3-4-6-20(19)25-15)14-31-18-9-7-16(8-10-18)11-12-24(2)21(28)26-23(30)27-22(24)29/h3-10,13H,11-12,14H2,1-2H3,(H2,26,27,28,29,30). The zero-order valence-corrected chi connectivity index (χ0v) is 17.4. The van der Waals surface area contributed by atoms with Crippen molar-refractivity contribution in [3.05, 3.63) is 71.4 Å². The van der Waals surface area contributed by atoms with E-state index >= 15 is 0 Å². The quantitative estimate of drug-likeness (QED) is 0.599. The Hall–Kier alpha value is -3.74. The highest BCUT2D eigenvalue weighted by Crippen LogP contribution is 2.27. The second kappa shape index (κ2) is 8.18. The predicted molar refractivity (Wildman–Crippen MR) is 115 cm³/mol. The molecule has 1 aliphatic heterocycles. The number of nitrogens with one attached hydrogen (secondary N) is 2. The number of carbonyl (C=O) groups is 3. The molecule has 2 N–H and O–H groups in total. The number of carbonyl (C=O) groups excluding carboxylic acids is 3. The number of amides is 4. The van der Waals surface area contributed by atoms with Crippen LogP contribution in [-0.4, -0.2) is 22.8 Å². The molecule has 0 spiro atoms. The molecule has 4 amide bonds. The summed E-state index contributed by atoms with van der Waals surface area (Å²) in [4.78, 5) is 40.1. The van der Waals surface area contributed by atoms with Crippen LogP contribution in [0.3, 0.4) is 0 Å². The molecule has 1 fully saturated rings. The zero-order chi connectivity index (χ0) is 22.0. The average Bonchev–Trinajstić information content (AvgIpc) is 2.75. The lowest BCUT2D eigenvalue weighted by molar-refractivity contribution is -0.143. The van der Waals surface area contributed by atoms with Gasteiger partial charge in [0.15, 0.2) is 0 Å². The largest absolute Gasteiger partial charge is 0.489 e. The summed E-state index contributed by atoms with van der Waals surface area (Å²) < 4.78 is 5.98. The van der Waals surface area contributed by atoms with E-state index in [1.165, 1.54) is 0 Å². The van der Waals surface area contributed by atoms with Gasteiger partial charge >= 0.3 is 6.03 Å². The van der Waals surface area contributed by atoms with Crippen molar-refractivity contribution in [3.63, 3.8) is 0 Å². The maximum Gasteiger partial charge on any atom is 0.328 e. The molecule has 2 heterocycles. The lowest BCUT2D eigenvalue weighted by atomic mass is 9.81. The van der Waals surface area contributed by atoms with E-state index < -0.39 is 23.3 Å². The van der Waals surface area contributed by atoms with Crippen molar-refractivity contribution >= 4 is 28.7 Å². The average molecular weight is 417 g/mol. The van der Waals surface area contributed by atoms with Crippen molar-refractivity contribution in [2.75, 3.05) is 0 Å². The molecule has 7 heteroatoms. The van der Waals surface area contributed by atoms with Crippen LogP contribution >= 0.6 is 0 Å². The Balaban J connectivity index is 1.40. The number of imide groups is 2. The molecule has 0 atom stereocenters. The van der Waals surface area contributed by atoms with Crippen molar-refractivity contribution in [2.45, 2.75) is 33.3 Å². The summed E-state index contributed by atoms with van der Waals surface area (Å²) in [5.41, 5.74) is 2.66. The van der Waals surface area contributed by atoms with Crippen molar-refractivity contribution in [3.8, 4) is 5.75 Å². The maximum absolute atomic E-state index is 12.1. The van der Waals surface area contributed by atoms with Crippen LogP contribution in [0.4, 0.5) is 4.79 Å². The first-order chi connectivity index (χ1) is 14.8. The van der Waals surface area contributed by atoms with Gasteiger partial charge in [-0.15, -0.1) is 0 Å². The Labute approximate surface area is 179 Å². The molecule has 2 aromatic carbocycles. The Kier molecular flexibility index (Phi) is 5.42. The molecule has 0 unspecified atom stereocenters. The third-order valence-electron chi connectivity index (χ3n) is 5.62. The van der Waals surface area contributed by atoms with Gasteiger partial charge in [-0.05, 0) is 56.5 Å². The summed E-state index contributed by atoms with van der Waals surface area (Å²) in [6.07, 6.45) is 0.806. The molecular formula is C24H23N3O4. The monoisotopic (exact) mass is 417 g/mol. The number of urea groups is 1. The van der Waals surface area contributed by atoms with Gasteiger partial charge in [-0.1, -0.05) is 30.3 Å². The predicted octanol–water partition coefficient (Wildman–Crippen LogP) is 3.43. The van der Waals surface area contributed by atoms with Crippen LogP contribution in [0.25, 0.3) is 10.9 Å². The summed E-state index contributed by atoms with van der Waals surface area (Å²) in [5, 5.41) is 5.39. The molecule has 1 aliphatic rings. The van der Waals surface area contributed by atoms with Crippen LogP contribution in [0, 0.1) is 12.3 Å². The number of ether oxygens (including phenoxy) is 1. The van der Waals surface area contributed by atoms with Crippen molar-refractivity contribution in [1.82, 2.24) is 15.6 Å². The van der Waals surface area contributed by atoms with E-state index in [0.29, 0.717) is 19.4 Å². The van der Waals surface area contributed by atoms with Crippen LogP contribution in [-0.2, 0) is 22.6 Å². The number of rotatable bonds is 6. The van der Waals surface area contributed by atoms with Crippen LogP contribution in [0.1, 0.15) is 30.2 Å². The van der Waals surface area contributed by atoms with Crippen molar-refractivity contribution in [2.24, 2.45) is 5.41 Å². The number of aryl methyl sites for hydroxylation is 2. The molecule has 1 saturated heterocycles. The van der Waals surface area contributed by atoms with Gasteiger partial charge in [-0.25, -0.2) is 4.79 Å². The van der Waals surface area contributed by atoms with Gasteiger partial charge in [0.05, 0.1) is 5.52 Å². The van der Waals surface area contributed by atoms with Gasteiger partial charge in [0.2, 0.25) is 11.8 Å². The molecular weight excluding hydrogens is 394 g/mol.